The first-order chi connectivity index (χ1) is 8.33. The van der Waals surface area contributed by atoms with Crippen LogP contribution in [0.2, 0.25) is 0 Å². The van der Waals surface area contributed by atoms with Crippen LogP contribution in [0.25, 0.3) is 0 Å². The van der Waals surface area contributed by atoms with Gasteiger partial charge in [0.1, 0.15) is 11.5 Å². The summed E-state index contributed by atoms with van der Waals surface area (Å²) in [5.41, 5.74) is 2.85. The molecule has 1 aromatic heterocycles. The second kappa shape index (κ2) is 4.43. The van der Waals surface area contributed by atoms with E-state index in [2.05, 4.69) is 10.9 Å². The number of hydrogen-bond acceptors (Lipinski definition) is 5. The van der Waals surface area contributed by atoms with Crippen molar-refractivity contribution in [2.45, 2.75) is 19.8 Å². The molecule has 2 aliphatic heterocycles. The van der Waals surface area contributed by atoms with Gasteiger partial charge in [0.2, 0.25) is 5.88 Å². The second-order valence-corrected chi connectivity index (χ2v) is 4.52. The predicted molar refractivity (Wildman–Crippen MR) is 63.8 cm³/mol. The fraction of sp³-hybridized carbons (Fsp3) is 0.500. The lowest BCUT2D eigenvalue weighted by Crippen LogP contribution is -2.31. The van der Waals surface area contributed by atoms with Crippen molar-refractivity contribution >= 4 is 5.88 Å². The Kier molecular flexibility index (Phi) is 2.78. The lowest BCUT2D eigenvalue weighted by Gasteiger charge is -2.21. The number of nitrogens with one attached hydrogen (secondary N) is 2. The summed E-state index contributed by atoms with van der Waals surface area (Å²) in [7, 11) is 0. The molecule has 92 valence electrons. The smallest absolute Gasteiger partial charge is 0.216 e. The average Bonchev–Trinajstić information content (AvgIpc) is 2.98. The van der Waals surface area contributed by atoms with Crippen LogP contribution in [0, 0.1) is 12.8 Å². The Morgan fingerprint density at radius 3 is 3.06 bits per heavy atom. The SMILES string of the molecule is Cc1ccc(N2C=C([C@H]3CCCNC3)ON2)o1. The number of piperidine rings is 1. The van der Waals surface area contributed by atoms with E-state index in [4.69, 9.17) is 9.25 Å². The zero-order valence-corrected chi connectivity index (χ0v) is 9.90. The maximum absolute atomic E-state index is 5.53. The molecule has 2 N–H and O–H groups in total. The first kappa shape index (κ1) is 10.7. The fourth-order valence-corrected chi connectivity index (χ4v) is 2.22. The zero-order valence-electron chi connectivity index (χ0n) is 9.90. The summed E-state index contributed by atoms with van der Waals surface area (Å²) in [5.74, 6) is 3.08. The Morgan fingerprint density at radius 1 is 1.41 bits per heavy atom. The van der Waals surface area contributed by atoms with Crippen molar-refractivity contribution in [3.05, 3.63) is 29.9 Å². The Morgan fingerprint density at radius 2 is 2.35 bits per heavy atom. The van der Waals surface area contributed by atoms with Gasteiger partial charge in [0.05, 0.1) is 6.20 Å². The molecule has 0 unspecified atom stereocenters. The Labute approximate surface area is 100 Å². The summed E-state index contributed by atoms with van der Waals surface area (Å²) in [5, 5.41) is 5.15. The maximum Gasteiger partial charge on any atom is 0.216 e. The summed E-state index contributed by atoms with van der Waals surface area (Å²) >= 11 is 0. The van der Waals surface area contributed by atoms with Gasteiger partial charge in [0.25, 0.3) is 0 Å². The molecule has 0 amide bonds. The molecule has 0 radical (unpaired) electrons. The first-order valence-corrected chi connectivity index (χ1v) is 6.03. The van der Waals surface area contributed by atoms with Crippen molar-refractivity contribution < 1.29 is 9.25 Å². The van der Waals surface area contributed by atoms with Gasteiger partial charge in [0.15, 0.2) is 0 Å². The number of anilines is 1. The predicted octanol–water partition coefficient (Wildman–Crippen LogP) is 1.69. The summed E-state index contributed by atoms with van der Waals surface area (Å²) in [6, 6.07) is 3.86. The van der Waals surface area contributed by atoms with E-state index in [1.54, 1.807) is 5.01 Å². The van der Waals surface area contributed by atoms with Crippen LogP contribution >= 0.6 is 0 Å². The molecule has 5 heteroatoms. The van der Waals surface area contributed by atoms with E-state index >= 15 is 0 Å². The lowest BCUT2D eigenvalue weighted by molar-refractivity contribution is 0.0988. The molecule has 0 aliphatic carbocycles. The highest BCUT2D eigenvalue weighted by Crippen LogP contribution is 2.26. The molecular weight excluding hydrogens is 218 g/mol. The van der Waals surface area contributed by atoms with Crippen molar-refractivity contribution in [1.82, 2.24) is 10.9 Å². The lowest BCUT2D eigenvalue weighted by atomic mass is 9.98. The topological polar surface area (TPSA) is 49.7 Å². The molecule has 3 rings (SSSR count). The van der Waals surface area contributed by atoms with Gasteiger partial charge >= 0.3 is 0 Å². The molecule has 1 aromatic rings. The van der Waals surface area contributed by atoms with Crippen LogP contribution < -0.4 is 15.9 Å². The summed E-state index contributed by atoms with van der Waals surface area (Å²) in [6.07, 6.45) is 4.34. The molecule has 1 saturated heterocycles. The van der Waals surface area contributed by atoms with Crippen LogP contribution in [0.5, 0.6) is 0 Å². The van der Waals surface area contributed by atoms with E-state index in [0.29, 0.717) is 5.92 Å². The van der Waals surface area contributed by atoms with Gasteiger partial charge in [-0.25, -0.2) is 5.01 Å². The Balaban J connectivity index is 1.71. The van der Waals surface area contributed by atoms with Crippen LogP contribution in [0.15, 0.2) is 28.5 Å². The third-order valence-electron chi connectivity index (χ3n) is 3.18. The quantitative estimate of drug-likeness (QED) is 0.817. The molecule has 0 saturated carbocycles. The van der Waals surface area contributed by atoms with Gasteiger partial charge in [-0.15, -0.1) is 0 Å². The Bertz CT molecular complexity index is 421. The van der Waals surface area contributed by atoms with Crippen LogP contribution in [0.3, 0.4) is 0 Å². The molecule has 1 fully saturated rings. The van der Waals surface area contributed by atoms with Gasteiger partial charge in [0, 0.05) is 18.5 Å². The fourth-order valence-electron chi connectivity index (χ4n) is 2.22. The van der Waals surface area contributed by atoms with Crippen LogP contribution in [-0.2, 0) is 4.84 Å². The molecule has 5 nitrogen and oxygen atoms in total. The molecule has 0 spiro atoms. The van der Waals surface area contributed by atoms with E-state index in [0.717, 1.165) is 30.5 Å². The molecule has 0 aromatic carbocycles. The second-order valence-electron chi connectivity index (χ2n) is 4.52. The molecule has 17 heavy (non-hydrogen) atoms. The normalized spacial score (nSPS) is 24.6. The van der Waals surface area contributed by atoms with Gasteiger partial charge in [-0.3, -0.25) is 0 Å². The van der Waals surface area contributed by atoms with Crippen molar-refractivity contribution in [1.29, 1.82) is 0 Å². The molecule has 2 aliphatic rings. The van der Waals surface area contributed by atoms with E-state index in [9.17, 15) is 0 Å². The van der Waals surface area contributed by atoms with Gasteiger partial charge in [-0.1, -0.05) is 5.59 Å². The van der Waals surface area contributed by atoms with Crippen molar-refractivity contribution in [2.24, 2.45) is 5.92 Å². The van der Waals surface area contributed by atoms with Crippen LogP contribution in [0.4, 0.5) is 5.88 Å². The molecule has 3 heterocycles. The van der Waals surface area contributed by atoms with Crippen molar-refractivity contribution in [3.8, 4) is 0 Å². The highest BCUT2D eigenvalue weighted by Gasteiger charge is 2.25. The minimum atomic E-state index is 0.456. The largest absolute Gasteiger partial charge is 0.444 e. The third-order valence-corrected chi connectivity index (χ3v) is 3.18. The zero-order chi connectivity index (χ0) is 11.7. The number of rotatable bonds is 2. The third kappa shape index (κ3) is 2.16. The van der Waals surface area contributed by atoms with Gasteiger partial charge in [-0.05, 0) is 32.4 Å². The van der Waals surface area contributed by atoms with E-state index < -0.39 is 0 Å². The first-order valence-electron chi connectivity index (χ1n) is 6.03. The summed E-state index contributed by atoms with van der Waals surface area (Å²) in [6.45, 7) is 4.02. The standard InChI is InChI=1S/C12H17N3O2/c1-9-4-5-12(16-9)15-8-11(17-14-15)10-3-2-6-13-7-10/h4-5,8,10,13-14H,2-3,6-7H2,1H3/t10-/m0/s1. The van der Waals surface area contributed by atoms with Crippen LogP contribution in [0.1, 0.15) is 18.6 Å². The number of aryl methyl sites for hydroxylation is 1. The number of nitrogens with zero attached hydrogens (tertiary/aromatic N) is 1. The highest BCUT2D eigenvalue weighted by molar-refractivity contribution is 5.40. The van der Waals surface area contributed by atoms with E-state index in [-0.39, 0.29) is 0 Å². The summed E-state index contributed by atoms with van der Waals surface area (Å²) in [4.78, 5) is 5.51. The van der Waals surface area contributed by atoms with Crippen LogP contribution in [-0.4, -0.2) is 13.1 Å². The Hall–Kier alpha value is -1.46. The molecule has 0 bridgehead atoms. The van der Waals surface area contributed by atoms with E-state index in [1.165, 1.54) is 12.8 Å². The maximum atomic E-state index is 5.53. The highest BCUT2D eigenvalue weighted by atomic mass is 16.7. The van der Waals surface area contributed by atoms with Crippen molar-refractivity contribution in [3.63, 3.8) is 0 Å². The number of hydrogen-bond donors (Lipinski definition) is 2. The minimum Gasteiger partial charge on any atom is -0.444 e. The van der Waals surface area contributed by atoms with E-state index in [1.807, 2.05) is 25.3 Å². The average molecular weight is 235 g/mol. The minimum absolute atomic E-state index is 0.456. The van der Waals surface area contributed by atoms with Gasteiger partial charge < -0.3 is 14.6 Å². The van der Waals surface area contributed by atoms with Gasteiger partial charge in [-0.2, -0.15) is 0 Å². The summed E-state index contributed by atoms with van der Waals surface area (Å²) < 4.78 is 5.53. The number of hydrazine groups is 1. The van der Waals surface area contributed by atoms with Crippen molar-refractivity contribution in [2.75, 3.05) is 18.1 Å². The molecule has 1 atom stereocenters. The monoisotopic (exact) mass is 235 g/mol. The number of furan rings is 1. The molecular formula is C12H17N3O2.